The summed E-state index contributed by atoms with van der Waals surface area (Å²) in [6.07, 6.45) is 3.11. The minimum atomic E-state index is -0.504. The van der Waals surface area contributed by atoms with E-state index in [0.29, 0.717) is 34.6 Å². The van der Waals surface area contributed by atoms with Crippen molar-refractivity contribution < 1.29 is 23.9 Å². The predicted octanol–water partition coefficient (Wildman–Crippen LogP) is 3.45. The Labute approximate surface area is 168 Å². The summed E-state index contributed by atoms with van der Waals surface area (Å²) in [7, 11) is 1.57. The average molecular weight is 391 g/mol. The molecule has 1 heterocycles. The maximum atomic E-state index is 12.9. The number of rotatable bonds is 4. The van der Waals surface area contributed by atoms with Gasteiger partial charge in [-0.2, -0.15) is 0 Å². The van der Waals surface area contributed by atoms with E-state index in [1.54, 1.807) is 55.6 Å². The molecule has 2 aliphatic carbocycles. The molecule has 1 aliphatic heterocycles. The standard InChI is InChI=1S/C23H21NO5/c1-28-17-8-10-18(11-9-17)29-23(27)13-4-6-16(7-5-13)24-21(25)19-14-2-3-15(12-14)20(19)22(24)26/h4-11,14-15,19-20H,2-3,12H2,1H3/t14-,15-,19-,20-/m0/s1. The quantitative estimate of drug-likeness (QED) is 0.453. The van der Waals surface area contributed by atoms with Crippen molar-refractivity contribution in [3.8, 4) is 11.5 Å². The lowest BCUT2D eigenvalue weighted by atomic mass is 9.81. The number of benzene rings is 2. The van der Waals surface area contributed by atoms with Crippen LogP contribution in [0.3, 0.4) is 0 Å². The van der Waals surface area contributed by atoms with Crippen LogP contribution >= 0.6 is 0 Å². The predicted molar refractivity (Wildman–Crippen MR) is 105 cm³/mol. The molecule has 2 bridgehead atoms. The van der Waals surface area contributed by atoms with Crippen molar-refractivity contribution in [3.05, 3.63) is 54.1 Å². The minimum absolute atomic E-state index is 0.0826. The van der Waals surface area contributed by atoms with Gasteiger partial charge in [0.05, 0.1) is 30.2 Å². The van der Waals surface area contributed by atoms with E-state index in [4.69, 9.17) is 9.47 Å². The molecule has 6 nitrogen and oxygen atoms in total. The van der Waals surface area contributed by atoms with Crippen LogP contribution in [0.1, 0.15) is 29.6 Å². The Morgan fingerprint density at radius 3 is 1.97 bits per heavy atom. The molecule has 0 spiro atoms. The fourth-order valence-electron chi connectivity index (χ4n) is 5.22. The van der Waals surface area contributed by atoms with Gasteiger partial charge in [-0.1, -0.05) is 0 Å². The van der Waals surface area contributed by atoms with Crippen LogP contribution in [0.15, 0.2) is 48.5 Å². The number of esters is 1. The molecule has 0 unspecified atom stereocenters. The number of anilines is 1. The first kappa shape index (κ1) is 17.9. The lowest BCUT2D eigenvalue weighted by Gasteiger charge is -2.19. The Morgan fingerprint density at radius 1 is 0.862 bits per heavy atom. The Bertz CT molecular complexity index is 953. The number of nitrogens with zero attached hydrogens (tertiary/aromatic N) is 1. The molecule has 29 heavy (non-hydrogen) atoms. The van der Waals surface area contributed by atoms with Crippen LogP contribution in [0.25, 0.3) is 0 Å². The first-order valence-corrected chi connectivity index (χ1v) is 9.91. The summed E-state index contributed by atoms with van der Waals surface area (Å²) in [4.78, 5) is 39.5. The van der Waals surface area contributed by atoms with Crippen LogP contribution in [0.4, 0.5) is 5.69 Å². The van der Waals surface area contributed by atoms with Gasteiger partial charge in [0.1, 0.15) is 11.5 Å². The van der Waals surface area contributed by atoms with Crippen molar-refractivity contribution >= 4 is 23.5 Å². The number of fused-ring (bicyclic) bond motifs is 5. The number of imide groups is 1. The maximum Gasteiger partial charge on any atom is 0.343 e. The number of amides is 2. The average Bonchev–Trinajstić information content (AvgIpc) is 3.42. The summed E-state index contributed by atoms with van der Waals surface area (Å²) in [6, 6.07) is 13.2. The summed E-state index contributed by atoms with van der Waals surface area (Å²) in [5, 5.41) is 0. The molecular weight excluding hydrogens is 370 g/mol. The first-order chi connectivity index (χ1) is 14.1. The molecule has 4 atom stereocenters. The van der Waals surface area contributed by atoms with Crippen LogP contribution in [0.2, 0.25) is 0 Å². The first-order valence-electron chi connectivity index (χ1n) is 9.91. The normalized spacial score (nSPS) is 27.3. The van der Waals surface area contributed by atoms with Gasteiger partial charge in [-0.05, 0) is 79.6 Å². The molecule has 1 saturated heterocycles. The topological polar surface area (TPSA) is 72.9 Å². The van der Waals surface area contributed by atoms with Gasteiger partial charge in [0.25, 0.3) is 0 Å². The van der Waals surface area contributed by atoms with E-state index in [1.807, 2.05) is 0 Å². The van der Waals surface area contributed by atoms with Crippen molar-refractivity contribution in [2.24, 2.45) is 23.7 Å². The Kier molecular flexibility index (Phi) is 4.15. The monoisotopic (exact) mass is 391 g/mol. The molecule has 0 aromatic heterocycles. The number of methoxy groups -OCH3 is 1. The lowest BCUT2D eigenvalue weighted by Crippen LogP contribution is -2.32. The summed E-state index contributed by atoms with van der Waals surface area (Å²) in [5.41, 5.74) is 0.874. The fourth-order valence-corrected chi connectivity index (χ4v) is 5.22. The van der Waals surface area contributed by atoms with Gasteiger partial charge in [0.15, 0.2) is 0 Å². The molecule has 0 radical (unpaired) electrons. The Hall–Kier alpha value is -3.15. The molecule has 3 fully saturated rings. The molecule has 2 saturated carbocycles. The summed E-state index contributed by atoms with van der Waals surface area (Å²) in [6.45, 7) is 0. The van der Waals surface area contributed by atoms with Gasteiger partial charge in [-0.3, -0.25) is 14.5 Å². The maximum absolute atomic E-state index is 12.9. The van der Waals surface area contributed by atoms with Crippen molar-refractivity contribution in [3.63, 3.8) is 0 Å². The van der Waals surface area contributed by atoms with E-state index in [-0.39, 0.29) is 23.7 Å². The van der Waals surface area contributed by atoms with Crippen molar-refractivity contribution in [1.82, 2.24) is 0 Å². The van der Waals surface area contributed by atoms with Crippen LogP contribution in [0, 0.1) is 23.7 Å². The van der Waals surface area contributed by atoms with Gasteiger partial charge in [0, 0.05) is 0 Å². The van der Waals surface area contributed by atoms with Gasteiger partial charge < -0.3 is 9.47 Å². The zero-order valence-electron chi connectivity index (χ0n) is 16.0. The fraction of sp³-hybridized carbons (Fsp3) is 0.348. The van der Waals surface area contributed by atoms with Crippen LogP contribution in [0.5, 0.6) is 11.5 Å². The van der Waals surface area contributed by atoms with Gasteiger partial charge in [-0.25, -0.2) is 4.79 Å². The number of ether oxygens (including phenoxy) is 2. The molecule has 2 aromatic carbocycles. The van der Waals surface area contributed by atoms with E-state index < -0.39 is 5.97 Å². The summed E-state index contributed by atoms with van der Waals surface area (Å²) in [5.74, 6) is 0.815. The third kappa shape index (κ3) is 2.82. The highest BCUT2D eigenvalue weighted by Crippen LogP contribution is 2.56. The van der Waals surface area contributed by atoms with Gasteiger partial charge >= 0.3 is 5.97 Å². The number of hydrogen-bond donors (Lipinski definition) is 0. The molecule has 2 aromatic rings. The van der Waals surface area contributed by atoms with E-state index in [1.165, 1.54) is 4.90 Å². The number of carbonyl (C=O) groups excluding carboxylic acids is 3. The van der Waals surface area contributed by atoms with E-state index in [0.717, 1.165) is 19.3 Å². The van der Waals surface area contributed by atoms with Crippen LogP contribution in [-0.4, -0.2) is 24.9 Å². The Morgan fingerprint density at radius 2 is 1.41 bits per heavy atom. The molecule has 2 amide bonds. The Balaban J connectivity index is 1.32. The highest BCUT2D eigenvalue weighted by molar-refractivity contribution is 6.22. The third-order valence-electron chi connectivity index (χ3n) is 6.56. The smallest absolute Gasteiger partial charge is 0.343 e. The van der Waals surface area contributed by atoms with Crippen molar-refractivity contribution in [2.45, 2.75) is 19.3 Å². The minimum Gasteiger partial charge on any atom is -0.497 e. The highest BCUT2D eigenvalue weighted by atomic mass is 16.5. The van der Waals surface area contributed by atoms with Crippen LogP contribution in [-0.2, 0) is 9.59 Å². The van der Waals surface area contributed by atoms with E-state index >= 15 is 0 Å². The van der Waals surface area contributed by atoms with E-state index in [2.05, 4.69) is 0 Å². The van der Waals surface area contributed by atoms with Crippen LogP contribution < -0.4 is 14.4 Å². The SMILES string of the molecule is COc1ccc(OC(=O)c2ccc(N3C(=O)[C@H]4[C@H]5CC[C@@H](C5)[C@@H]4C3=O)cc2)cc1. The zero-order chi connectivity index (χ0) is 20.1. The molecule has 0 N–H and O–H groups in total. The number of hydrogen-bond acceptors (Lipinski definition) is 5. The lowest BCUT2D eigenvalue weighted by molar-refractivity contribution is -0.123. The molecular formula is C23H21NO5. The molecule has 5 rings (SSSR count). The second kappa shape index (κ2) is 6.72. The second-order valence-corrected chi connectivity index (χ2v) is 8.01. The summed E-state index contributed by atoms with van der Waals surface area (Å²) < 4.78 is 10.4. The van der Waals surface area contributed by atoms with E-state index in [9.17, 15) is 14.4 Å². The zero-order valence-corrected chi connectivity index (χ0v) is 16.0. The van der Waals surface area contributed by atoms with Crippen molar-refractivity contribution in [2.75, 3.05) is 12.0 Å². The third-order valence-corrected chi connectivity index (χ3v) is 6.56. The summed E-state index contributed by atoms with van der Waals surface area (Å²) >= 11 is 0. The second-order valence-electron chi connectivity index (χ2n) is 8.01. The number of carbonyl (C=O) groups is 3. The molecule has 6 heteroatoms. The highest BCUT2D eigenvalue weighted by Gasteiger charge is 2.61. The largest absolute Gasteiger partial charge is 0.497 e. The molecule has 3 aliphatic rings. The van der Waals surface area contributed by atoms with Gasteiger partial charge in [0.2, 0.25) is 11.8 Å². The molecule has 148 valence electrons. The van der Waals surface area contributed by atoms with Gasteiger partial charge in [-0.15, -0.1) is 0 Å². The van der Waals surface area contributed by atoms with Crippen molar-refractivity contribution in [1.29, 1.82) is 0 Å².